The summed E-state index contributed by atoms with van der Waals surface area (Å²) >= 11 is 3.25. The molecule has 1 heterocycles. The first-order chi connectivity index (χ1) is 8.77. The Morgan fingerprint density at radius 2 is 2.44 bits per heavy atom. The fourth-order valence-electron chi connectivity index (χ4n) is 1.26. The molecule has 0 spiro atoms. The minimum atomic E-state index is 0.0759. The van der Waals surface area contributed by atoms with Crippen LogP contribution in [-0.2, 0) is 11.3 Å². The molecule has 0 bridgehead atoms. The summed E-state index contributed by atoms with van der Waals surface area (Å²) < 4.78 is 0. The number of thiophene rings is 1. The Bertz CT molecular complexity index is 432. The number of aliphatic hydroxyl groups is 1. The molecule has 3 nitrogen and oxygen atoms in total. The Morgan fingerprint density at radius 3 is 3.17 bits per heavy atom. The van der Waals surface area contributed by atoms with Gasteiger partial charge in [-0.05, 0) is 17.7 Å². The van der Waals surface area contributed by atoms with Crippen molar-refractivity contribution in [1.82, 2.24) is 5.32 Å². The van der Waals surface area contributed by atoms with Gasteiger partial charge in [0.2, 0.25) is 5.91 Å². The lowest BCUT2D eigenvalue weighted by molar-refractivity contribution is -0.120. The molecule has 0 unspecified atom stereocenters. The smallest absolute Gasteiger partial charge is 0.221 e. The first-order valence-electron chi connectivity index (χ1n) is 5.69. The number of amides is 1. The Labute approximate surface area is 116 Å². The molecule has 0 radical (unpaired) electrons. The van der Waals surface area contributed by atoms with E-state index in [9.17, 15) is 4.79 Å². The van der Waals surface area contributed by atoms with Gasteiger partial charge in [0, 0.05) is 29.0 Å². The van der Waals surface area contributed by atoms with Crippen LogP contribution >= 0.6 is 23.1 Å². The average Bonchev–Trinajstić information content (AvgIpc) is 2.82. The molecule has 98 valence electrons. The van der Waals surface area contributed by atoms with E-state index in [0.717, 1.165) is 16.2 Å². The third-order valence-electron chi connectivity index (χ3n) is 2.18. The maximum absolute atomic E-state index is 11.5. The van der Waals surface area contributed by atoms with Crippen molar-refractivity contribution in [3.63, 3.8) is 0 Å². The number of rotatable bonds is 6. The van der Waals surface area contributed by atoms with Crippen LogP contribution in [0.5, 0.6) is 0 Å². The van der Waals surface area contributed by atoms with Crippen LogP contribution in [0.3, 0.4) is 0 Å². The molecule has 18 heavy (non-hydrogen) atoms. The van der Waals surface area contributed by atoms with Gasteiger partial charge >= 0.3 is 0 Å². The van der Waals surface area contributed by atoms with Crippen molar-refractivity contribution in [1.29, 1.82) is 0 Å². The zero-order valence-electron chi connectivity index (χ0n) is 10.4. The molecule has 1 aromatic heterocycles. The summed E-state index contributed by atoms with van der Waals surface area (Å²) in [5.41, 5.74) is 0.943. The standard InChI is InChI=1S/C13H17NO2S2/c1-17-8-6-13(16)14-10-12-11(5-9-18-12)4-2-3-7-15/h5,9,15H,3,6-8,10H2,1H3,(H,14,16). The van der Waals surface area contributed by atoms with Crippen molar-refractivity contribution >= 4 is 29.0 Å². The highest BCUT2D eigenvalue weighted by Gasteiger charge is 2.04. The van der Waals surface area contributed by atoms with Crippen molar-refractivity contribution in [3.8, 4) is 11.8 Å². The summed E-state index contributed by atoms with van der Waals surface area (Å²) in [6, 6.07) is 1.94. The predicted molar refractivity (Wildman–Crippen MR) is 77.7 cm³/mol. The van der Waals surface area contributed by atoms with Crippen LogP contribution in [0, 0.1) is 11.8 Å². The molecular weight excluding hydrogens is 266 g/mol. The molecule has 0 aliphatic rings. The largest absolute Gasteiger partial charge is 0.395 e. The summed E-state index contributed by atoms with van der Waals surface area (Å²) in [5, 5.41) is 13.5. The van der Waals surface area contributed by atoms with Crippen molar-refractivity contribution in [3.05, 3.63) is 21.9 Å². The van der Waals surface area contributed by atoms with E-state index in [1.54, 1.807) is 23.1 Å². The molecule has 1 amide bonds. The number of carbonyl (C=O) groups excluding carboxylic acids is 1. The van der Waals surface area contributed by atoms with Gasteiger partial charge in [0.1, 0.15) is 0 Å². The van der Waals surface area contributed by atoms with E-state index >= 15 is 0 Å². The Hall–Kier alpha value is -0.960. The number of aliphatic hydroxyl groups excluding tert-OH is 1. The normalized spacial score (nSPS) is 9.67. The van der Waals surface area contributed by atoms with Gasteiger partial charge in [0.05, 0.1) is 13.2 Å². The molecule has 2 N–H and O–H groups in total. The van der Waals surface area contributed by atoms with Crippen molar-refractivity contribution in [2.45, 2.75) is 19.4 Å². The number of thioether (sulfide) groups is 1. The summed E-state index contributed by atoms with van der Waals surface area (Å²) in [5.74, 6) is 6.82. The van der Waals surface area contributed by atoms with Crippen LogP contribution in [0.15, 0.2) is 11.4 Å². The van der Waals surface area contributed by atoms with E-state index in [0.29, 0.717) is 19.4 Å². The predicted octanol–water partition coefficient (Wildman–Crippen LogP) is 1.85. The fraction of sp³-hybridized carbons (Fsp3) is 0.462. The first-order valence-corrected chi connectivity index (χ1v) is 7.97. The second kappa shape index (κ2) is 9.03. The Balaban J connectivity index is 2.46. The third kappa shape index (κ3) is 5.58. The molecule has 0 aliphatic carbocycles. The minimum absolute atomic E-state index is 0.0759. The molecule has 0 atom stereocenters. The fourth-order valence-corrected chi connectivity index (χ4v) is 2.42. The van der Waals surface area contributed by atoms with Gasteiger partial charge in [0.25, 0.3) is 0 Å². The molecule has 0 fully saturated rings. The van der Waals surface area contributed by atoms with Gasteiger partial charge < -0.3 is 10.4 Å². The van der Waals surface area contributed by atoms with Crippen molar-refractivity contribution in [2.75, 3.05) is 18.6 Å². The summed E-state index contributed by atoms with van der Waals surface area (Å²) in [6.45, 7) is 0.617. The Kier molecular flexibility index (Phi) is 7.58. The van der Waals surface area contributed by atoms with E-state index in [4.69, 9.17) is 5.11 Å². The van der Waals surface area contributed by atoms with Gasteiger partial charge in [-0.25, -0.2) is 0 Å². The van der Waals surface area contributed by atoms with Gasteiger partial charge in [-0.15, -0.1) is 11.3 Å². The second-order valence-electron chi connectivity index (χ2n) is 3.55. The number of carbonyl (C=O) groups is 1. The molecular formula is C13H17NO2S2. The number of hydrogen-bond acceptors (Lipinski definition) is 4. The van der Waals surface area contributed by atoms with Crippen LogP contribution in [-0.4, -0.2) is 29.6 Å². The summed E-state index contributed by atoms with van der Waals surface area (Å²) in [6.07, 6.45) is 3.02. The average molecular weight is 283 g/mol. The van der Waals surface area contributed by atoms with Crippen molar-refractivity contribution in [2.24, 2.45) is 0 Å². The lowest BCUT2D eigenvalue weighted by atomic mass is 10.2. The van der Waals surface area contributed by atoms with Gasteiger partial charge in [-0.2, -0.15) is 11.8 Å². The quantitative estimate of drug-likeness (QED) is 0.783. The topological polar surface area (TPSA) is 49.3 Å². The second-order valence-corrected chi connectivity index (χ2v) is 5.54. The molecule has 0 aliphatic heterocycles. The maximum Gasteiger partial charge on any atom is 0.221 e. The summed E-state index contributed by atoms with van der Waals surface area (Å²) in [4.78, 5) is 12.5. The van der Waals surface area contributed by atoms with E-state index in [1.165, 1.54) is 0 Å². The highest BCUT2D eigenvalue weighted by molar-refractivity contribution is 7.98. The monoisotopic (exact) mass is 283 g/mol. The van der Waals surface area contributed by atoms with Gasteiger partial charge in [0.15, 0.2) is 0 Å². The zero-order chi connectivity index (χ0) is 13.2. The molecule has 0 saturated carbocycles. The van der Waals surface area contributed by atoms with Crippen LogP contribution < -0.4 is 5.32 Å². The highest BCUT2D eigenvalue weighted by Crippen LogP contribution is 2.15. The third-order valence-corrected chi connectivity index (χ3v) is 3.72. The van der Waals surface area contributed by atoms with Gasteiger partial charge in [-0.1, -0.05) is 11.8 Å². The Morgan fingerprint density at radius 1 is 1.61 bits per heavy atom. The van der Waals surface area contributed by atoms with Crippen LogP contribution in [0.1, 0.15) is 23.3 Å². The summed E-state index contributed by atoms with van der Waals surface area (Å²) in [7, 11) is 0. The lowest BCUT2D eigenvalue weighted by Crippen LogP contribution is -2.22. The molecule has 1 aromatic rings. The van der Waals surface area contributed by atoms with Crippen LogP contribution in [0.2, 0.25) is 0 Å². The van der Waals surface area contributed by atoms with Crippen LogP contribution in [0.4, 0.5) is 0 Å². The van der Waals surface area contributed by atoms with E-state index in [2.05, 4.69) is 17.2 Å². The lowest BCUT2D eigenvalue weighted by Gasteiger charge is -2.03. The minimum Gasteiger partial charge on any atom is -0.395 e. The number of nitrogens with one attached hydrogen (secondary N) is 1. The first kappa shape index (κ1) is 15.1. The van der Waals surface area contributed by atoms with E-state index in [1.807, 2.05) is 17.7 Å². The highest BCUT2D eigenvalue weighted by atomic mass is 32.2. The number of hydrogen-bond donors (Lipinski definition) is 2. The van der Waals surface area contributed by atoms with Crippen molar-refractivity contribution < 1.29 is 9.90 Å². The molecule has 0 aromatic carbocycles. The molecule has 1 rings (SSSR count). The van der Waals surface area contributed by atoms with E-state index < -0.39 is 0 Å². The van der Waals surface area contributed by atoms with Gasteiger partial charge in [-0.3, -0.25) is 4.79 Å². The SMILES string of the molecule is CSCCC(=O)NCc1sccc1C#CCCO. The zero-order valence-corrected chi connectivity index (χ0v) is 12.0. The molecule has 0 saturated heterocycles. The van der Waals surface area contributed by atoms with Crippen LogP contribution in [0.25, 0.3) is 0 Å². The maximum atomic E-state index is 11.5. The molecule has 5 heteroatoms. The van der Waals surface area contributed by atoms with E-state index in [-0.39, 0.29) is 12.5 Å².